The summed E-state index contributed by atoms with van der Waals surface area (Å²) in [5, 5.41) is 0. The van der Waals surface area contributed by atoms with Crippen LogP contribution in [0.15, 0.2) is 12.2 Å². The molecule has 1 fully saturated rings. The van der Waals surface area contributed by atoms with Crippen molar-refractivity contribution < 1.29 is 28.5 Å². The highest BCUT2D eigenvalue weighted by Crippen LogP contribution is 2.19. The lowest BCUT2D eigenvalue weighted by atomic mass is 10.1. The van der Waals surface area contributed by atoms with Crippen LogP contribution < -0.4 is 0 Å². The van der Waals surface area contributed by atoms with Gasteiger partial charge in [0.25, 0.3) is 0 Å². The third-order valence-corrected chi connectivity index (χ3v) is 4.24. The van der Waals surface area contributed by atoms with Crippen molar-refractivity contribution in [3.8, 4) is 12.3 Å². The summed E-state index contributed by atoms with van der Waals surface area (Å²) in [5.74, 6) is 1.78. The molecule has 0 aliphatic carbocycles. The van der Waals surface area contributed by atoms with Crippen LogP contribution in [0.4, 0.5) is 0 Å². The lowest BCUT2D eigenvalue weighted by Gasteiger charge is -2.34. The molecule has 2 aliphatic heterocycles. The Morgan fingerprint density at radius 1 is 1.23 bits per heavy atom. The molecule has 0 saturated carbocycles. The number of ether oxygens (including phenoxy) is 4. The van der Waals surface area contributed by atoms with Crippen LogP contribution in [-0.4, -0.2) is 67.7 Å². The Bertz CT molecular complexity index is 549. The number of carbonyl (C=O) groups excluding carboxylic acids is 2. The molecule has 0 aromatic rings. The zero-order valence-corrected chi connectivity index (χ0v) is 15.4. The lowest BCUT2D eigenvalue weighted by Crippen LogP contribution is -2.44. The van der Waals surface area contributed by atoms with Gasteiger partial charge < -0.3 is 18.9 Å². The standard InChI is InChI=1S/C19H27NO6/c1-4-16(12-20-10-6-5-7-11-20)25-19-9-8-17(24-15(3)22)18(26-19)13-23-14(2)21/h1,8-9,16-19H,5-7,10-13H2,2-3H3/t16?,17-,18?,19-/m0/s1. The fourth-order valence-corrected chi connectivity index (χ4v) is 3.01. The van der Waals surface area contributed by atoms with Gasteiger partial charge in [-0.25, -0.2) is 0 Å². The van der Waals surface area contributed by atoms with E-state index in [4.69, 9.17) is 25.4 Å². The zero-order valence-electron chi connectivity index (χ0n) is 15.4. The minimum absolute atomic E-state index is 0.0374. The summed E-state index contributed by atoms with van der Waals surface area (Å²) < 4.78 is 21.9. The Morgan fingerprint density at radius 3 is 2.58 bits per heavy atom. The first-order valence-corrected chi connectivity index (χ1v) is 8.96. The summed E-state index contributed by atoms with van der Waals surface area (Å²) in [5.41, 5.74) is 0. The zero-order chi connectivity index (χ0) is 18.9. The van der Waals surface area contributed by atoms with Crippen LogP contribution in [0.3, 0.4) is 0 Å². The van der Waals surface area contributed by atoms with Crippen molar-refractivity contribution in [1.82, 2.24) is 4.90 Å². The maximum absolute atomic E-state index is 11.2. The molecule has 1 saturated heterocycles. The second-order valence-electron chi connectivity index (χ2n) is 6.46. The maximum Gasteiger partial charge on any atom is 0.303 e. The molecule has 7 nitrogen and oxygen atoms in total. The van der Waals surface area contributed by atoms with Crippen molar-refractivity contribution >= 4 is 11.9 Å². The van der Waals surface area contributed by atoms with E-state index in [1.807, 2.05) is 0 Å². The number of nitrogens with zero attached hydrogens (tertiary/aromatic N) is 1. The number of rotatable bonds is 7. The van der Waals surface area contributed by atoms with Gasteiger partial charge >= 0.3 is 11.9 Å². The lowest BCUT2D eigenvalue weighted by molar-refractivity contribution is -0.205. The maximum atomic E-state index is 11.2. The Morgan fingerprint density at radius 2 is 1.96 bits per heavy atom. The topological polar surface area (TPSA) is 74.3 Å². The number of likely N-dealkylation sites (tertiary alicyclic amines) is 1. The van der Waals surface area contributed by atoms with E-state index in [-0.39, 0.29) is 6.61 Å². The molecule has 7 heteroatoms. The van der Waals surface area contributed by atoms with E-state index in [1.54, 1.807) is 12.2 Å². The van der Waals surface area contributed by atoms with Gasteiger partial charge in [0.2, 0.25) is 0 Å². The highest BCUT2D eigenvalue weighted by atomic mass is 16.7. The summed E-state index contributed by atoms with van der Waals surface area (Å²) in [6, 6.07) is 0. The quantitative estimate of drug-likeness (QED) is 0.382. The van der Waals surface area contributed by atoms with Crippen molar-refractivity contribution in [2.45, 2.75) is 57.7 Å². The number of carbonyl (C=O) groups is 2. The molecule has 4 atom stereocenters. The Hall–Kier alpha value is -1.88. The number of piperidine rings is 1. The van der Waals surface area contributed by atoms with Crippen molar-refractivity contribution in [1.29, 1.82) is 0 Å². The van der Waals surface area contributed by atoms with Gasteiger partial charge in [0, 0.05) is 20.4 Å². The molecule has 0 radical (unpaired) electrons. The number of terminal acetylenes is 1. The minimum atomic E-state index is -0.687. The Labute approximate surface area is 154 Å². The van der Waals surface area contributed by atoms with E-state index < -0.39 is 36.5 Å². The van der Waals surface area contributed by atoms with Crippen LogP contribution in [0, 0.1) is 12.3 Å². The van der Waals surface area contributed by atoms with E-state index in [0.717, 1.165) is 13.1 Å². The van der Waals surface area contributed by atoms with Crippen LogP contribution in [0.2, 0.25) is 0 Å². The first kappa shape index (κ1) is 20.4. The van der Waals surface area contributed by atoms with Crippen LogP contribution in [0.1, 0.15) is 33.1 Å². The molecule has 2 rings (SSSR count). The third kappa shape index (κ3) is 6.79. The van der Waals surface area contributed by atoms with Gasteiger partial charge in [-0.05, 0) is 38.1 Å². The summed E-state index contributed by atoms with van der Waals surface area (Å²) in [7, 11) is 0. The molecule has 0 bridgehead atoms. The van der Waals surface area contributed by atoms with Gasteiger partial charge in [0.15, 0.2) is 6.29 Å². The van der Waals surface area contributed by atoms with Crippen molar-refractivity contribution in [2.24, 2.45) is 0 Å². The molecule has 2 heterocycles. The first-order chi connectivity index (χ1) is 12.5. The third-order valence-electron chi connectivity index (χ3n) is 4.24. The van der Waals surface area contributed by atoms with Crippen LogP contribution in [0.5, 0.6) is 0 Å². The highest BCUT2D eigenvalue weighted by Gasteiger charge is 2.32. The molecule has 2 aliphatic rings. The number of esters is 2. The monoisotopic (exact) mass is 365 g/mol. The van der Waals surface area contributed by atoms with Crippen LogP contribution >= 0.6 is 0 Å². The van der Waals surface area contributed by atoms with Crippen molar-refractivity contribution in [3.05, 3.63) is 12.2 Å². The second-order valence-corrected chi connectivity index (χ2v) is 6.46. The Kier molecular flexibility index (Phi) is 8.10. The molecule has 0 N–H and O–H groups in total. The van der Waals surface area contributed by atoms with Crippen LogP contribution in [-0.2, 0) is 28.5 Å². The minimum Gasteiger partial charge on any atom is -0.463 e. The molecule has 144 valence electrons. The Balaban J connectivity index is 1.93. The van der Waals surface area contributed by atoms with E-state index >= 15 is 0 Å². The summed E-state index contributed by atoms with van der Waals surface area (Å²) in [6.45, 7) is 5.27. The SMILES string of the molecule is C#CC(CN1CCCCC1)O[C@@H]1C=C[C@H](OC(C)=O)C(COC(C)=O)O1. The second kappa shape index (κ2) is 10.3. The summed E-state index contributed by atoms with van der Waals surface area (Å²) in [6.07, 6.45) is 10.2. The predicted octanol–water partition coefficient (Wildman–Crippen LogP) is 1.27. The van der Waals surface area contributed by atoms with Gasteiger partial charge in [0.1, 0.15) is 24.9 Å². The van der Waals surface area contributed by atoms with Gasteiger partial charge in [-0.3, -0.25) is 14.5 Å². The van der Waals surface area contributed by atoms with Crippen LogP contribution in [0.25, 0.3) is 0 Å². The summed E-state index contributed by atoms with van der Waals surface area (Å²) >= 11 is 0. The number of hydrogen-bond acceptors (Lipinski definition) is 7. The fraction of sp³-hybridized carbons (Fsp3) is 0.684. The molecular weight excluding hydrogens is 338 g/mol. The van der Waals surface area contributed by atoms with E-state index in [0.29, 0.717) is 6.54 Å². The molecule has 2 unspecified atom stereocenters. The van der Waals surface area contributed by atoms with E-state index in [1.165, 1.54) is 33.1 Å². The molecule has 26 heavy (non-hydrogen) atoms. The average molecular weight is 365 g/mol. The smallest absolute Gasteiger partial charge is 0.303 e. The largest absolute Gasteiger partial charge is 0.463 e. The van der Waals surface area contributed by atoms with Gasteiger partial charge in [-0.2, -0.15) is 0 Å². The molecule has 0 aromatic carbocycles. The fourth-order valence-electron chi connectivity index (χ4n) is 3.01. The molecule has 0 amide bonds. The predicted molar refractivity (Wildman–Crippen MR) is 94.0 cm³/mol. The van der Waals surface area contributed by atoms with Gasteiger partial charge in [-0.15, -0.1) is 6.42 Å². The normalized spacial score (nSPS) is 27.3. The van der Waals surface area contributed by atoms with Gasteiger partial charge in [0.05, 0.1) is 0 Å². The molecule has 0 spiro atoms. The molecule has 0 aromatic heterocycles. The average Bonchev–Trinajstić information content (AvgIpc) is 2.61. The van der Waals surface area contributed by atoms with Gasteiger partial charge in [-0.1, -0.05) is 12.3 Å². The highest BCUT2D eigenvalue weighted by molar-refractivity contribution is 5.66. The van der Waals surface area contributed by atoms with E-state index in [2.05, 4.69) is 10.8 Å². The first-order valence-electron chi connectivity index (χ1n) is 8.96. The van der Waals surface area contributed by atoms with Crippen molar-refractivity contribution in [2.75, 3.05) is 26.2 Å². The molecular formula is C19H27NO6. The number of hydrogen-bond donors (Lipinski definition) is 0. The van der Waals surface area contributed by atoms with E-state index in [9.17, 15) is 9.59 Å². The van der Waals surface area contributed by atoms with Crippen molar-refractivity contribution in [3.63, 3.8) is 0 Å². The summed E-state index contributed by atoms with van der Waals surface area (Å²) in [4.78, 5) is 24.6.